The van der Waals surface area contributed by atoms with Crippen LogP contribution in [-0.2, 0) is 49.0 Å². The first kappa shape index (κ1) is 67.5. The van der Waals surface area contributed by atoms with E-state index >= 15 is 0 Å². The van der Waals surface area contributed by atoms with Gasteiger partial charge in [0.1, 0.15) is 40.6 Å². The second-order valence-corrected chi connectivity index (χ2v) is 26.7. The molecule has 0 spiro atoms. The number of carbonyl (C=O) groups is 2. The van der Waals surface area contributed by atoms with E-state index < -0.39 is 64.8 Å². The van der Waals surface area contributed by atoms with Crippen LogP contribution in [0.3, 0.4) is 0 Å². The van der Waals surface area contributed by atoms with Gasteiger partial charge in [-0.2, -0.15) is 0 Å². The monoisotopic (exact) mass is 1150 g/mol. The molecule has 1 saturated heterocycles. The van der Waals surface area contributed by atoms with Crippen LogP contribution in [0.4, 0.5) is 38.5 Å². The minimum atomic E-state index is -0.893. The lowest BCUT2D eigenvalue weighted by Gasteiger charge is -2.40. The third-order valence-corrected chi connectivity index (χ3v) is 15.4. The van der Waals surface area contributed by atoms with Gasteiger partial charge in [-0.05, 0) is 150 Å². The lowest BCUT2D eigenvalue weighted by atomic mass is 9.74. The van der Waals surface area contributed by atoms with Crippen molar-refractivity contribution in [3.05, 3.63) is 129 Å². The molecule has 2 amide bonds. The molecule has 456 valence electrons. The Bertz CT molecular complexity index is 2710. The first-order chi connectivity index (χ1) is 38.2. The van der Waals surface area contributed by atoms with E-state index in [4.69, 9.17) is 25.7 Å². The van der Waals surface area contributed by atoms with Crippen LogP contribution in [0.25, 0.3) is 0 Å². The molecule has 12 nitrogen and oxygen atoms in total. The number of nitrogens with zero attached hydrogens (tertiary/aromatic N) is 1. The Labute approximate surface area is 487 Å². The van der Waals surface area contributed by atoms with Gasteiger partial charge in [0.15, 0.2) is 0 Å². The van der Waals surface area contributed by atoms with Gasteiger partial charge >= 0.3 is 12.2 Å². The second kappa shape index (κ2) is 28.5. The van der Waals surface area contributed by atoms with Crippen LogP contribution < -0.4 is 32.3 Å². The first-order valence-electron chi connectivity index (χ1n) is 29.7. The molecule has 8 N–H and O–H groups in total. The zero-order valence-electron chi connectivity index (χ0n) is 51.7. The Balaban J connectivity index is 0.000000237. The van der Waals surface area contributed by atoms with Crippen LogP contribution in [0.5, 0.6) is 0 Å². The van der Waals surface area contributed by atoms with Crippen molar-refractivity contribution in [2.75, 3.05) is 36.5 Å². The van der Waals surface area contributed by atoms with Gasteiger partial charge in [-0.15, -0.1) is 0 Å². The molecular weight excluding hydrogens is 1050 g/mol. The molecule has 2 saturated carbocycles. The van der Waals surface area contributed by atoms with Crippen molar-refractivity contribution in [3.63, 3.8) is 0 Å². The molecule has 4 aromatic carbocycles. The Morgan fingerprint density at radius 3 is 1.73 bits per heavy atom. The zero-order chi connectivity index (χ0) is 61.0. The van der Waals surface area contributed by atoms with Crippen LogP contribution in [0.15, 0.2) is 72.8 Å². The average molecular weight is 1150 g/mol. The van der Waals surface area contributed by atoms with E-state index in [1.807, 2.05) is 6.92 Å². The van der Waals surface area contributed by atoms with E-state index in [-0.39, 0.29) is 64.3 Å². The molecule has 3 aliphatic rings. The predicted octanol–water partition coefficient (Wildman–Crippen LogP) is 14.0. The molecule has 4 aromatic rings. The van der Waals surface area contributed by atoms with Gasteiger partial charge in [0.05, 0.1) is 30.1 Å². The number of amides is 2. The molecule has 0 radical (unpaired) electrons. The number of ether oxygens (including phenoxy) is 3. The third-order valence-electron chi connectivity index (χ3n) is 15.4. The molecule has 0 aromatic heterocycles. The highest BCUT2D eigenvalue weighted by molar-refractivity contribution is 5.89. The minimum absolute atomic E-state index is 0.0349. The van der Waals surface area contributed by atoms with Crippen LogP contribution in [0, 0.1) is 23.3 Å². The summed E-state index contributed by atoms with van der Waals surface area (Å²) < 4.78 is 73.1. The number of hydrogen-bond donors (Lipinski definition) is 6. The quantitative estimate of drug-likeness (QED) is 0.0468. The summed E-state index contributed by atoms with van der Waals surface area (Å²) >= 11 is 0. The molecule has 16 heteroatoms. The summed E-state index contributed by atoms with van der Waals surface area (Å²) in [5.41, 5.74) is 17.5. The number of nitrogens with two attached hydrogens (primary N) is 2. The Morgan fingerprint density at radius 2 is 1.22 bits per heavy atom. The van der Waals surface area contributed by atoms with Gasteiger partial charge in [-0.1, -0.05) is 129 Å². The van der Waals surface area contributed by atoms with Crippen molar-refractivity contribution < 1.29 is 46.5 Å². The molecule has 3 fully saturated rings. The van der Waals surface area contributed by atoms with Crippen LogP contribution >= 0.6 is 0 Å². The number of epoxide rings is 1. The first-order valence-corrected chi connectivity index (χ1v) is 29.7. The van der Waals surface area contributed by atoms with E-state index in [2.05, 4.69) is 106 Å². The highest BCUT2D eigenvalue weighted by atomic mass is 19.1. The zero-order valence-corrected chi connectivity index (χ0v) is 51.7. The normalized spacial score (nSPS) is 18.0. The highest BCUT2D eigenvalue weighted by Gasteiger charge is 2.38. The van der Waals surface area contributed by atoms with Crippen LogP contribution in [0.2, 0.25) is 0 Å². The maximum absolute atomic E-state index is 14.9. The lowest BCUT2D eigenvalue weighted by Crippen LogP contribution is -2.51. The molecule has 4 atom stereocenters. The van der Waals surface area contributed by atoms with Crippen LogP contribution in [0.1, 0.15) is 195 Å². The fourth-order valence-corrected chi connectivity index (χ4v) is 10.8. The molecule has 1 heterocycles. The highest BCUT2D eigenvalue weighted by Crippen LogP contribution is 2.40. The third kappa shape index (κ3) is 19.9. The molecule has 2 aliphatic carbocycles. The van der Waals surface area contributed by atoms with Crippen molar-refractivity contribution in [2.24, 2.45) is 11.5 Å². The number of alkyl carbamates (subject to hydrolysis) is 1. The van der Waals surface area contributed by atoms with Crippen molar-refractivity contribution in [3.8, 4) is 0 Å². The van der Waals surface area contributed by atoms with Crippen molar-refractivity contribution in [1.82, 2.24) is 10.6 Å². The number of benzene rings is 4. The summed E-state index contributed by atoms with van der Waals surface area (Å²) in [5.74, 6) is -2.97. The van der Waals surface area contributed by atoms with E-state index in [0.29, 0.717) is 25.3 Å². The van der Waals surface area contributed by atoms with E-state index in [0.717, 1.165) is 61.6 Å². The number of nitrogens with one attached hydrogen (secondary N) is 3. The maximum atomic E-state index is 14.9. The molecule has 82 heavy (non-hydrogen) atoms. The fourth-order valence-electron chi connectivity index (χ4n) is 10.8. The standard InChI is InChI=1S/C28H41F2N3O.C22H32F2N2O5.C16H25N/c1-5-32-26-19(14-22(29)17-23(26)30)15-24(31)25(34)18-33-28(12-7-6-8-13-28)21-11-9-10-20(16-21)27(2,3)4;1-8-26(20(28)31-22(5,6)7)18-13(9-14(23)11-15(18)24)10-16(17-12-29-17)25-19(27)30-21(2,3)4;1-15(2,3)13-8-7-9-14(12-13)16(17)10-5-4-6-11-16/h9-11,14,16-17,24-25,32-34H,5-8,12-13,15,18,31H2,1-4H3;9,11,16-17H,8,10,12H2,1-7H3,(H,25,27);7-9,12H,4-6,10-11,17H2,1-3H3. The average Bonchev–Trinajstić information content (AvgIpc) is 4.37. The van der Waals surface area contributed by atoms with Gasteiger partial charge in [-0.25, -0.2) is 27.2 Å². The Kier molecular flexibility index (Phi) is 23.5. The van der Waals surface area contributed by atoms with Gasteiger partial charge in [-0.3, -0.25) is 4.90 Å². The van der Waals surface area contributed by atoms with E-state index in [1.165, 1.54) is 54.0 Å². The Morgan fingerprint density at radius 1 is 0.707 bits per heavy atom. The number of aliphatic hydroxyl groups excluding tert-OH is 1. The molecule has 1 aliphatic heterocycles. The molecule has 7 rings (SSSR count). The Hall–Kier alpha value is -5.26. The predicted molar refractivity (Wildman–Crippen MR) is 322 cm³/mol. The summed E-state index contributed by atoms with van der Waals surface area (Å²) in [6.45, 7) is 28.6. The number of carbonyl (C=O) groups excluding carboxylic acids is 2. The topological polar surface area (TPSA) is 177 Å². The van der Waals surface area contributed by atoms with Crippen molar-refractivity contribution >= 4 is 23.6 Å². The van der Waals surface area contributed by atoms with E-state index in [9.17, 15) is 32.3 Å². The maximum Gasteiger partial charge on any atom is 0.414 e. The largest absolute Gasteiger partial charge is 0.444 e. The molecule has 4 unspecified atom stereocenters. The van der Waals surface area contributed by atoms with E-state index in [1.54, 1.807) is 48.5 Å². The number of anilines is 2. The van der Waals surface area contributed by atoms with Gasteiger partial charge in [0, 0.05) is 48.9 Å². The summed E-state index contributed by atoms with van der Waals surface area (Å²) in [6, 6.07) is 20.5. The van der Waals surface area contributed by atoms with Gasteiger partial charge < -0.3 is 46.7 Å². The number of hydrogen-bond acceptors (Lipinski definition) is 10. The summed E-state index contributed by atoms with van der Waals surface area (Å²) in [7, 11) is 0. The number of halogens is 4. The van der Waals surface area contributed by atoms with Gasteiger partial charge in [0.25, 0.3) is 0 Å². The fraction of sp³-hybridized carbons (Fsp3) is 0.606. The molecular formula is C66H98F4N6O6. The smallest absolute Gasteiger partial charge is 0.414 e. The second-order valence-electron chi connectivity index (χ2n) is 26.7. The summed E-state index contributed by atoms with van der Waals surface area (Å²) in [5, 5.41) is 20.2. The van der Waals surface area contributed by atoms with Crippen LogP contribution in [-0.4, -0.2) is 79.0 Å². The lowest BCUT2D eigenvalue weighted by molar-refractivity contribution is 0.0492. The number of aliphatic hydroxyl groups is 1. The SMILES string of the molecule is CC(C)(C)c1cccc(C2(N)CCCCC2)c1.CCN(C(=O)OC(C)(C)C)c1c(F)cc(F)cc1CC(NC(=O)OC(C)(C)C)C1CO1.CCNc1c(F)cc(F)cc1CC(N)C(O)CNC1(c2cccc(C(C)(C)C)c2)CCCCC1. The van der Waals surface area contributed by atoms with Crippen molar-refractivity contribution in [2.45, 2.75) is 231 Å². The molecule has 0 bridgehead atoms. The summed E-state index contributed by atoms with van der Waals surface area (Å²) in [6.07, 6.45) is 9.27. The summed E-state index contributed by atoms with van der Waals surface area (Å²) in [4.78, 5) is 26.0. The van der Waals surface area contributed by atoms with Crippen molar-refractivity contribution in [1.29, 1.82) is 0 Å². The minimum Gasteiger partial charge on any atom is -0.444 e. The van der Waals surface area contributed by atoms with Gasteiger partial charge in [0.2, 0.25) is 0 Å². The number of rotatable bonds is 16.